The van der Waals surface area contributed by atoms with Crippen LogP contribution in [0.1, 0.15) is 135 Å². The van der Waals surface area contributed by atoms with Gasteiger partial charge in [-0.3, -0.25) is 0 Å². The van der Waals surface area contributed by atoms with Crippen molar-refractivity contribution >= 4 is 26.5 Å². The summed E-state index contributed by atoms with van der Waals surface area (Å²) in [7, 11) is -1.93. The zero-order chi connectivity index (χ0) is 29.3. The molecule has 1 N–H and O–H groups in total. The standard InChI is InChI=1S/C32H57O6PS/c1-4-6-8-10-12-13-15-20-25-36-28(3)27-37-32(34,39-35)31(33)38-40-26-24-30(29-21-18-16-19-22-29)23-17-14-11-9-7-5-2/h16,18-19,21-22,28,30,34H,4-15,17,20,23-27,39H2,1-3H3. The fourth-order valence-corrected chi connectivity index (χ4v) is 5.77. The van der Waals surface area contributed by atoms with Crippen LogP contribution in [0.25, 0.3) is 0 Å². The Hall–Kier alpha value is -0.850. The maximum absolute atomic E-state index is 12.5. The Kier molecular flexibility index (Phi) is 23.0. The Balaban J connectivity index is 2.32. The van der Waals surface area contributed by atoms with Crippen LogP contribution in [0.15, 0.2) is 30.3 Å². The first-order valence-electron chi connectivity index (χ1n) is 15.8. The van der Waals surface area contributed by atoms with Crippen LogP contribution in [0.5, 0.6) is 0 Å². The number of ether oxygens (including phenoxy) is 2. The Morgan fingerprint density at radius 1 is 0.875 bits per heavy atom. The number of unbranched alkanes of at least 4 members (excludes halogenated alkanes) is 12. The summed E-state index contributed by atoms with van der Waals surface area (Å²) in [5, 5.41) is 10.5. The molecule has 0 spiro atoms. The number of aliphatic hydroxyl groups is 1. The quantitative estimate of drug-likeness (QED) is 0.0467. The highest BCUT2D eigenvalue weighted by Crippen LogP contribution is 2.30. The van der Waals surface area contributed by atoms with E-state index < -0.39 is 20.0 Å². The zero-order valence-corrected chi connectivity index (χ0v) is 27.4. The molecule has 4 atom stereocenters. The van der Waals surface area contributed by atoms with Gasteiger partial charge in [0.15, 0.2) is 0 Å². The number of carbonyl (C=O) groups is 1. The van der Waals surface area contributed by atoms with Gasteiger partial charge in [-0.25, -0.2) is 4.79 Å². The van der Waals surface area contributed by atoms with Gasteiger partial charge in [0.25, 0.3) is 0 Å². The molecule has 0 saturated carbocycles. The van der Waals surface area contributed by atoms with Crippen molar-refractivity contribution in [3.63, 3.8) is 0 Å². The molecule has 0 bridgehead atoms. The zero-order valence-electron chi connectivity index (χ0n) is 25.5. The molecule has 0 amide bonds. The van der Waals surface area contributed by atoms with E-state index in [2.05, 4.69) is 38.1 Å². The van der Waals surface area contributed by atoms with Crippen molar-refractivity contribution in [2.24, 2.45) is 0 Å². The van der Waals surface area contributed by atoms with E-state index in [0.29, 0.717) is 18.3 Å². The van der Waals surface area contributed by atoms with E-state index in [9.17, 15) is 14.5 Å². The first-order valence-corrected chi connectivity index (χ1v) is 17.8. The first kappa shape index (κ1) is 37.2. The molecule has 40 heavy (non-hydrogen) atoms. The van der Waals surface area contributed by atoms with Crippen LogP contribution in [-0.2, 0) is 23.0 Å². The smallest absolute Gasteiger partial charge is 0.386 e. The lowest BCUT2D eigenvalue weighted by Gasteiger charge is -2.23. The molecule has 1 aromatic carbocycles. The van der Waals surface area contributed by atoms with E-state index in [1.165, 1.54) is 82.6 Å². The van der Waals surface area contributed by atoms with Gasteiger partial charge < -0.3 is 23.3 Å². The molecule has 0 saturated heterocycles. The van der Waals surface area contributed by atoms with E-state index in [1.807, 2.05) is 13.0 Å². The minimum Gasteiger partial charge on any atom is -0.387 e. The topological polar surface area (TPSA) is 82.1 Å². The lowest BCUT2D eigenvalue weighted by molar-refractivity contribution is -0.192. The summed E-state index contributed by atoms with van der Waals surface area (Å²) < 4.78 is 28.0. The van der Waals surface area contributed by atoms with Crippen LogP contribution in [0.2, 0.25) is 0 Å². The molecule has 0 aliphatic carbocycles. The van der Waals surface area contributed by atoms with E-state index >= 15 is 0 Å². The molecule has 8 heteroatoms. The molecule has 0 radical (unpaired) electrons. The molecular weight excluding hydrogens is 543 g/mol. The van der Waals surface area contributed by atoms with Gasteiger partial charge >= 0.3 is 11.5 Å². The Labute approximate surface area is 250 Å². The summed E-state index contributed by atoms with van der Waals surface area (Å²) in [6, 6.07) is 10.5. The van der Waals surface area contributed by atoms with Crippen LogP contribution in [-0.4, -0.2) is 41.7 Å². The minimum atomic E-state index is -2.42. The fraction of sp³-hybridized carbons (Fsp3) is 0.781. The summed E-state index contributed by atoms with van der Waals surface area (Å²) in [6.07, 6.45) is 19.0. The lowest BCUT2D eigenvalue weighted by Crippen LogP contribution is -2.38. The molecule has 4 unspecified atom stereocenters. The van der Waals surface area contributed by atoms with Gasteiger partial charge in [-0.1, -0.05) is 128 Å². The summed E-state index contributed by atoms with van der Waals surface area (Å²) in [4.78, 5) is 12.5. The van der Waals surface area contributed by atoms with Crippen molar-refractivity contribution in [2.75, 3.05) is 19.0 Å². The van der Waals surface area contributed by atoms with Crippen LogP contribution in [0.3, 0.4) is 0 Å². The third-order valence-corrected chi connectivity index (χ3v) is 8.65. The monoisotopic (exact) mass is 600 g/mol. The van der Waals surface area contributed by atoms with E-state index in [-0.39, 0.29) is 12.7 Å². The van der Waals surface area contributed by atoms with Crippen molar-refractivity contribution in [2.45, 2.75) is 141 Å². The van der Waals surface area contributed by atoms with Crippen molar-refractivity contribution in [3.8, 4) is 0 Å². The van der Waals surface area contributed by atoms with Crippen molar-refractivity contribution in [1.82, 2.24) is 0 Å². The highest BCUT2D eigenvalue weighted by molar-refractivity contribution is 7.95. The molecule has 232 valence electrons. The Bertz CT molecular complexity index is 752. The Morgan fingerprint density at radius 2 is 1.45 bits per heavy atom. The number of rotatable bonds is 27. The highest BCUT2D eigenvalue weighted by atomic mass is 32.2. The van der Waals surface area contributed by atoms with E-state index in [4.69, 9.17) is 13.7 Å². The maximum atomic E-state index is 12.5. The molecule has 1 aromatic rings. The summed E-state index contributed by atoms with van der Waals surface area (Å²) in [5.41, 5.74) is -1.12. The number of hydrogen-bond acceptors (Lipinski definition) is 7. The van der Waals surface area contributed by atoms with Gasteiger partial charge in [0.1, 0.15) is 8.46 Å². The SMILES string of the molecule is CCCCCCCCCCOC(C)COC(O)([PH2]=O)C(=O)OSCCC(CCCCCCCC)c1ccccc1. The second kappa shape index (κ2) is 24.7. The van der Waals surface area contributed by atoms with Crippen LogP contribution >= 0.6 is 20.5 Å². The predicted molar refractivity (Wildman–Crippen MR) is 170 cm³/mol. The van der Waals surface area contributed by atoms with Crippen molar-refractivity contribution < 1.29 is 28.1 Å². The van der Waals surface area contributed by atoms with Crippen LogP contribution in [0.4, 0.5) is 0 Å². The largest absolute Gasteiger partial charge is 0.387 e. The van der Waals surface area contributed by atoms with Crippen LogP contribution < -0.4 is 0 Å². The second-order valence-electron chi connectivity index (χ2n) is 10.9. The molecule has 0 fully saturated rings. The number of hydrogen-bond donors (Lipinski definition) is 1. The van der Waals surface area contributed by atoms with Gasteiger partial charge in [0, 0.05) is 12.4 Å². The van der Waals surface area contributed by atoms with Gasteiger partial charge in [0.05, 0.1) is 24.8 Å². The van der Waals surface area contributed by atoms with Gasteiger partial charge in [0.2, 0.25) is 0 Å². The summed E-state index contributed by atoms with van der Waals surface area (Å²) in [5.74, 6) is -0.0355. The molecule has 0 aromatic heterocycles. The predicted octanol–water partition coefficient (Wildman–Crippen LogP) is 9.07. The highest BCUT2D eigenvalue weighted by Gasteiger charge is 2.39. The first-order chi connectivity index (χ1) is 19.5. The van der Waals surface area contributed by atoms with Crippen LogP contribution in [0, 0.1) is 0 Å². The van der Waals surface area contributed by atoms with Crippen molar-refractivity contribution in [1.29, 1.82) is 0 Å². The molecule has 0 heterocycles. The van der Waals surface area contributed by atoms with Gasteiger partial charge in [-0.15, -0.1) is 0 Å². The molecule has 0 aliphatic heterocycles. The average molecular weight is 601 g/mol. The average Bonchev–Trinajstić information content (AvgIpc) is 2.98. The normalized spacial score (nSPS) is 14.8. The Morgan fingerprint density at radius 3 is 2.05 bits per heavy atom. The lowest BCUT2D eigenvalue weighted by atomic mass is 9.91. The number of benzene rings is 1. The molecular formula is C32H57O6PS. The van der Waals surface area contributed by atoms with E-state index in [1.54, 1.807) is 0 Å². The van der Waals surface area contributed by atoms with E-state index in [0.717, 1.165) is 37.7 Å². The van der Waals surface area contributed by atoms with Crippen molar-refractivity contribution in [3.05, 3.63) is 35.9 Å². The van der Waals surface area contributed by atoms with Gasteiger partial charge in [-0.2, -0.15) is 0 Å². The summed E-state index contributed by atoms with van der Waals surface area (Å²) >= 11 is 0.992. The summed E-state index contributed by atoms with van der Waals surface area (Å²) in [6.45, 7) is 6.85. The maximum Gasteiger partial charge on any atom is 0.386 e. The number of carbonyl (C=O) groups excluding carboxylic acids is 1. The third kappa shape index (κ3) is 17.9. The molecule has 1 rings (SSSR count). The molecule has 0 aliphatic rings. The molecule has 6 nitrogen and oxygen atoms in total. The van der Waals surface area contributed by atoms with Gasteiger partial charge in [-0.05, 0) is 37.7 Å². The second-order valence-corrected chi connectivity index (χ2v) is 12.8. The minimum absolute atomic E-state index is 0.0309. The fourth-order valence-electron chi connectivity index (χ4n) is 4.67. The third-order valence-electron chi connectivity index (χ3n) is 7.25.